The number of pyridine rings is 1. The maximum absolute atomic E-state index is 13.0. The third-order valence-electron chi connectivity index (χ3n) is 5.94. The van der Waals surface area contributed by atoms with Gasteiger partial charge in [0.15, 0.2) is 5.78 Å². The molecule has 3 aromatic rings. The number of benzene rings is 2. The lowest BCUT2D eigenvalue weighted by atomic mass is 9.97. The molecule has 1 fully saturated rings. The minimum Gasteiger partial charge on any atom is -0.449 e. The first kappa shape index (κ1) is 27.6. The molecule has 0 unspecified atom stereocenters. The molecule has 1 aliphatic rings. The van der Waals surface area contributed by atoms with Gasteiger partial charge in [-0.05, 0) is 56.0 Å². The summed E-state index contributed by atoms with van der Waals surface area (Å²) in [6.45, 7) is 4.05. The number of carbonyl (C=O) groups is 2. The molecule has 1 aliphatic heterocycles. The summed E-state index contributed by atoms with van der Waals surface area (Å²) in [5.41, 5.74) is 9.70. The highest BCUT2D eigenvalue weighted by atomic mass is 35.5. The van der Waals surface area contributed by atoms with Crippen molar-refractivity contribution < 1.29 is 19.8 Å². The number of nitrogens with two attached hydrogens (primary N) is 1. The molecule has 2 heterocycles. The Kier molecular flexibility index (Phi) is 10.1. The fraction of sp³-hybridized carbons (Fsp3) is 0.269. The van der Waals surface area contributed by atoms with Crippen molar-refractivity contribution in [1.29, 1.82) is 0 Å². The number of halogens is 1. The van der Waals surface area contributed by atoms with Crippen LogP contribution in [0, 0.1) is 12.8 Å². The van der Waals surface area contributed by atoms with Crippen molar-refractivity contribution in [1.82, 2.24) is 4.98 Å². The van der Waals surface area contributed by atoms with Gasteiger partial charge < -0.3 is 20.8 Å². The van der Waals surface area contributed by atoms with E-state index < -0.39 is 6.09 Å². The quantitative estimate of drug-likeness (QED) is 0.385. The third-order valence-corrected chi connectivity index (χ3v) is 5.94. The van der Waals surface area contributed by atoms with Gasteiger partial charge in [0, 0.05) is 42.3 Å². The zero-order chi connectivity index (χ0) is 23.2. The number of hydrogen-bond donors (Lipinski definition) is 2. The highest BCUT2D eigenvalue weighted by molar-refractivity contribution is 6.15. The first-order chi connectivity index (χ1) is 16.0. The van der Waals surface area contributed by atoms with Gasteiger partial charge in [-0.1, -0.05) is 29.8 Å². The molecule has 9 heteroatoms. The Morgan fingerprint density at radius 1 is 1.09 bits per heavy atom. The van der Waals surface area contributed by atoms with Gasteiger partial charge >= 0.3 is 6.09 Å². The van der Waals surface area contributed by atoms with Crippen molar-refractivity contribution >= 4 is 41.3 Å². The molecule has 35 heavy (non-hydrogen) atoms. The van der Waals surface area contributed by atoms with E-state index in [1.165, 1.54) is 0 Å². The van der Waals surface area contributed by atoms with Gasteiger partial charge in [0.1, 0.15) is 0 Å². The number of piperidine rings is 1. The normalized spacial score (nSPS) is 13.2. The second-order valence-electron chi connectivity index (χ2n) is 8.33. The van der Waals surface area contributed by atoms with Gasteiger partial charge in [0.2, 0.25) is 0 Å². The number of aryl methyl sites for hydroxylation is 1. The molecule has 8 nitrogen and oxygen atoms in total. The van der Waals surface area contributed by atoms with Gasteiger partial charge in [-0.2, -0.15) is 0 Å². The number of nitrogens with zero attached hydrogens (tertiary/aromatic N) is 2. The zero-order valence-corrected chi connectivity index (χ0v) is 20.4. The molecule has 4 rings (SSSR count). The number of carbonyl (C=O) groups excluding carboxylic acids is 2. The van der Waals surface area contributed by atoms with Crippen molar-refractivity contribution in [2.75, 3.05) is 35.6 Å². The van der Waals surface area contributed by atoms with Crippen molar-refractivity contribution in [3.63, 3.8) is 0 Å². The smallest absolute Gasteiger partial charge is 0.411 e. The molecule has 0 spiro atoms. The number of amides is 1. The highest BCUT2D eigenvalue weighted by Gasteiger charge is 2.22. The SMILES string of the molecule is Cc1cccc(C(=O)c2cccc(N)c2NC(=O)OCC2CCN(c3ccncc3)CC2)c1.Cl.O. The van der Waals surface area contributed by atoms with E-state index in [0.717, 1.165) is 37.2 Å². The van der Waals surface area contributed by atoms with E-state index >= 15 is 0 Å². The topological polar surface area (TPSA) is 129 Å². The van der Waals surface area contributed by atoms with E-state index in [2.05, 4.69) is 15.2 Å². The predicted octanol–water partition coefficient (Wildman–Crippen LogP) is 4.27. The zero-order valence-electron chi connectivity index (χ0n) is 19.6. The van der Waals surface area contributed by atoms with Crippen LogP contribution in [-0.4, -0.2) is 42.0 Å². The lowest BCUT2D eigenvalue weighted by molar-refractivity contribution is 0.103. The Balaban J connectivity index is 0.00000216. The second kappa shape index (κ2) is 12.7. The number of ether oxygens (including phenoxy) is 1. The van der Waals surface area contributed by atoms with E-state index in [4.69, 9.17) is 10.5 Å². The number of anilines is 3. The Labute approximate surface area is 211 Å². The lowest BCUT2D eigenvalue weighted by Gasteiger charge is -2.33. The van der Waals surface area contributed by atoms with Gasteiger partial charge in [-0.15, -0.1) is 12.4 Å². The van der Waals surface area contributed by atoms with E-state index in [0.29, 0.717) is 23.4 Å². The number of para-hydroxylation sites is 1. The van der Waals surface area contributed by atoms with Gasteiger partial charge in [0.05, 0.1) is 18.0 Å². The van der Waals surface area contributed by atoms with Crippen molar-refractivity contribution in [2.45, 2.75) is 19.8 Å². The molecule has 1 amide bonds. The summed E-state index contributed by atoms with van der Waals surface area (Å²) in [7, 11) is 0. The molecule has 5 N–H and O–H groups in total. The fourth-order valence-corrected chi connectivity index (χ4v) is 4.09. The number of nitrogen functional groups attached to an aromatic ring is 1. The van der Waals surface area contributed by atoms with Crippen LogP contribution in [0.2, 0.25) is 0 Å². The summed E-state index contributed by atoms with van der Waals surface area (Å²) in [5.74, 6) is 0.0835. The van der Waals surface area contributed by atoms with Crippen LogP contribution in [0.25, 0.3) is 0 Å². The van der Waals surface area contributed by atoms with Gasteiger partial charge in [0.25, 0.3) is 0 Å². The molecular formula is C26H31ClN4O4. The summed E-state index contributed by atoms with van der Waals surface area (Å²) < 4.78 is 5.50. The molecule has 2 aromatic carbocycles. The molecule has 0 radical (unpaired) electrons. The fourth-order valence-electron chi connectivity index (χ4n) is 4.09. The van der Waals surface area contributed by atoms with Crippen LogP contribution in [0.15, 0.2) is 67.0 Å². The summed E-state index contributed by atoms with van der Waals surface area (Å²) >= 11 is 0. The van der Waals surface area contributed by atoms with Crippen LogP contribution in [0.4, 0.5) is 21.9 Å². The first-order valence-electron chi connectivity index (χ1n) is 11.1. The highest BCUT2D eigenvalue weighted by Crippen LogP contribution is 2.27. The van der Waals surface area contributed by atoms with Crippen LogP contribution < -0.4 is 16.0 Å². The molecular weight excluding hydrogens is 468 g/mol. The Morgan fingerprint density at radius 2 is 1.77 bits per heavy atom. The van der Waals surface area contributed by atoms with Crippen molar-refractivity contribution in [2.24, 2.45) is 5.92 Å². The van der Waals surface area contributed by atoms with Crippen LogP contribution >= 0.6 is 12.4 Å². The predicted molar refractivity (Wildman–Crippen MR) is 140 cm³/mol. The minimum atomic E-state index is -0.609. The third kappa shape index (κ3) is 6.94. The Bertz CT molecular complexity index is 1140. The maximum Gasteiger partial charge on any atom is 0.411 e. The summed E-state index contributed by atoms with van der Waals surface area (Å²) in [4.78, 5) is 32.0. The monoisotopic (exact) mass is 498 g/mol. The number of rotatable bonds is 6. The van der Waals surface area contributed by atoms with Crippen LogP contribution in [0.5, 0.6) is 0 Å². The van der Waals surface area contributed by atoms with Crippen LogP contribution in [0.3, 0.4) is 0 Å². The first-order valence-corrected chi connectivity index (χ1v) is 11.1. The van der Waals surface area contributed by atoms with Gasteiger partial charge in [-0.3, -0.25) is 15.1 Å². The van der Waals surface area contributed by atoms with E-state index in [-0.39, 0.29) is 35.3 Å². The average molecular weight is 499 g/mol. The molecule has 0 aliphatic carbocycles. The number of hydrogen-bond acceptors (Lipinski definition) is 6. The van der Waals surface area contributed by atoms with Crippen LogP contribution in [0.1, 0.15) is 34.3 Å². The lowest BCUT2D eigenvalue weighted by Crippen LogP contribution is -2.35. The molecule has 0 saturated carbocycles. The Morgan fingerprint density at radius 3 is 2.46 bits per heavy atom. The standard InChI is InChI=1S/C26H28N4O3.ClH.H2O/c1-18-4-2-5-20(16-18)25(31)22-6-3-7-23(27)24(22)29-26(32)33-17-19-10-14-30(15-11-19)21-8-12-28-13-9-21;;/h2-9,12-13,16,19H,10-11,14-15,17,27H2,1H3,(H,29,32);1H;1H2. The largest absolute Gasteiger partial charge is 0.449 e. The number of nitrogens with one attached hydrogen (secondary N) is 1. The number of ketones is 1. The Hall–Kier alpha value is -3.62. The molecule has 0 bridgehead atoms. The van der Waals surface area contributed by atoms with E-state index in [1.54, 1.807) is 36.7 Å². The van der Waals surface area contributed by atoms with Crippen molar-refractivity contribution in [3.8, 4) is 0 Å². The minimum absolute atomic E-state index is 0. The molecule has 1 aromatic heterocycles. The van der Waals surface area contributed by atoms with Gasteiger partial charge in [-0.25, -0.2) is 4.79 Å². The summed E-state index contributed by atoms with van der Waals surface area (Å²) in [6, 6.07) is 16.3. The molecule has 0 atom stereocenters. The summed E-state index contributed by atoms with van der Waals surface area (Å²) in [5, 5.41) is 2.69. The summed E-state index contributed by atoms with van der Waals surface area (Å²) in [6.07, 6.45) is 4.84. The van der Waals surface area contributed by atoms with Crippen molar-refractivity contribution in [3.05, 3.63) is 83.7 Å². The average Bonchev–Trinajstić information content (AvgIpc) is 2.84. The second-order valence-corrected chi connectivity index (χ2v) is 8.33. The maximum atomic E-state index is 13.0. The molecule has 1 saturated heterocycles. The van der Waals surface area contributed by atoms with E-state index in [9.17, 15) is 9.59 Å². The molecule has 186 valence electrons. The van der Waals surface area contributed by atoms with E-state index in [1.807, 2.05) is 37.3 Å². The number of aromatic nitrogens is 1. The van der Waals surface area contributed by atoms with Crippen LogP contribution in [-0.2, 0) is 4.74 Å².